The van der Waals surface area contributed by atoms with Crippen LogP contribution >= 0.6 is 0 Å². The van der Waals surface area contributed by atoms with Crippen molar-refractivity contribution in [3.8, 4) is 11.3 Å². The van der Waals surface area contributed by atoms with E-state index in [4.69, 9.17) is 23.9 Å². The Labute approximate surface area is 460 Å². The second kappa shape index (κ2) is 22.2. The lowest BCUT2D eigenvalue weighted by Gasteiger charge is -2.44. The van der Waals surface area contributed by atoms with Gasteiger partial charge in [-0.25, -0.2) is 5.43 Å². The number of cyclic esters (lactones) is 1. The van der Waals surface area contributed by atoms with E-state index in [0.29, 0.717) is 58.1 Å². The number of aryl methyl sites for hydroxylation is 1. The number of rotatable bonds is 10. The molecule has 3 N–H and O–H groups in total. The van der Waals surface area contributed by atoms with E-state index < -0.39 is 23.5 Å². The fourth-order valence-electron chi connectivity index (χ4n) is 14.8. The zero-order chi connectivity index (χ0) is 53.9. The number of amides is 3. The quantitative estimate of drug-likeness (QED) is 0.194. The smallest absolute Gasteiger partial charge is 0.324 e. The topological polar surface area (TPSA) is 188 Å². The first-order valence-electron chi connectivity index (χ1n) is 29.7. The molecule has 6 bridgehead atoms. The third-order valence-electron chi connectivity index (χ3n) is 19.2. The number of esters is 1. The molecule has 8 fully saturated rings. The molecule has 1 saturated carbocycles. The summed E-state index contributed by atoms with van der Waals surface area (Å²) in [5, 5.41) is 9.25. The van der Waals surface area contributed by atoms with Crippen molar-refractivity contribution in [2.75, 3.05) is 122 Å². The van der Waals surface area contributed by atoms with Gasteiger partial charge in [0.05, 0.1) is 80.0 Å². The van der Waals surface area contributed by atoms with Crippen molar-refractivity contribution in [2.24, 2.45) is 16.7 Å². The zero-order valence-corrected chi connectivity index (χ0v) is 46.9. The number of nitrogens with zero attached hydrogens (tertiary/aromatic N) is 8. The van der Waals surface area contributed by atoms with Crippen LogP contribution in [0.4, 0.5) is 11.4 Å². The van der Waals surface area contributed by atoms with Gasteiger partial charge in [0.15, 0.2) is 0 Å². The van der Waals surface area contributed by atoms with E-state index in [9.17, 15) is 9.59 Å². The van der Waals surface area contributed by atoms with Gasteiger partial charge in [-0.1, -0.05) is 26.7 Å². The Morgan fingerprint density at radius 1 is 0.936 bits per heavy atom. The van der Waals surface area contributed by atoms with Gasteiger partial charge in [0.1, 0.15) is 12.1 Å². The molecule has 10 heterocycles. The predicted octanol–water partition coefficient (Wildman–Crippen LogP) is 4.11. The van der Waals surface area contributed by atoms with Crippen LogP contribution in [0, 0.1) is 16.7 Å². The molecule has 3 amide bonds. The molecule has 9 aliphatic rings. The number of fused-ring (bicyclic) bond motifs is 7. The second-order valence-corrected chi connectivity index (χ2v) is 25.2. The molecule has 19 heteroatoms. The van der Waals surface area contributed by atoms with E-state index in [1.165, 1.54) is 5.56 Å². The summed E-state index contributed by atoms with van der Waals surface area (Å²) in [6.45, 7) is 20.5. The first-order valence-corrected chi connectivity index (χ1v) is 29.7. The summed E-state index contributed by atoms with van der Waals surface area (Å²) in [7, 11) is 1.74. The maximum absolute atomic E-state index is 15.2. The summed E-state index contributed by atoms with van der Waals surface area (Å²) in [6, 6.07) is 7.38. The van der Waals surface area contributed by atoms with E-state index in [1.807, 2.05) is 11.1 Å². The summed E-state index contributed by atoms with van der Waals surface area (Å²) in [5.74, 6) is -0.405. The summed E-state index contributed by atoms with van der Waals surface area (Å²) in [4.78, 5) is 74.8. The first kappa shape index (κ1) is 53.7. The van der Waals surface area contributed by atoms with Gasteiger partial charge in [-0.05, 0) is 101 Å². The van der Waals surface area contributed by atoms with Crippen LogP contribution in [0.1, 0.15) is 103 Å². The Bertz CT molecular complexity index is 2730. The van der Waals surface area contributed by atoms with Crippen molar-refractivity contribution < 1.29 is 38.1 Å². The van der Waals surface area contributed by atoms with Crippen molar-refractivity contribution >= 4 is 46.0 Å². The molecule has 12 rings (SSSR count). The van der Waals surface area contributed by atoms with Crippen molar-refractivity contribution in [3.63, 3.8) is 0 Å². The first-order chi connectivity index (χ1) is 37.8. The summed E-state index contributed by atoms with van der Waals surface area (Å²) in [5.41, 5.74) is 10.2. The fraction of sp³-hybridized carbons (Fsp3) is 0.712. The van der Waals surface area contributed by atoms with Crippen LogP contribution in [0.15, 0.2) is 30.5 Å². The van der Waals surface area contributed by atoms with Gasteiger partial charge in [0.25, 0.3) is 5.91 Å². The van der Waals surface area contributed by atoms with Crippen LogP contribution in [0.5, 0.6) is 0 Å². The number of carbonyl (C=O) groups is 4. The lowest BCUT2D eigenvalue weighted by atomic mass is 9.84. The number of ether oxygens (including phenoxy) is 4. The van der Waals surface area contributed by atoms with Gasteiger partial charge < -0.3 is 48.8 Å². The number of pyridine rings is 1. The van der Waals surface area contributed by atoms with Crippen LogP contribution in [0.25, 0.3) is 22.2 Å². The number of anilines is 2. The summed E-state index contributed by atoms with van der Waals surface area (Å²) < 4.78 is 27.4. The lowest BCUT2D eigenvalue weighted by Crippen LogP contribution is -2.62. The number of aromatic nitrogens is 2. The van der Waals surface area contributed by atoms with Gasteiger partial charge in [-0.3, -0.25) is 39.0 Å². The average molecular weight is 1080 g/mol. The Balaban J connectivity index is 0.877. The third kappa shape index (κ3) is 10.8. The van der Waals surface area contributed by atoms with Gasteiger partial charge in [0.2, 0.25) is 11.8 Å². The maximum atomic E-state index is 15.2. The molecular weight excluding hydrogens is 991 g/mol. The van der Waals surface area contributed by atoms with Gasteiger partial charge in [-0.2, -0.15) is 0 Å². The zero-order valence-electron chi connectivity index (χ0n) is 46.9. The Hall–Kier alpha value is -4.89. The number of morpholine rings is 2. The van der Waals surface area contributed by atoms with Crippen LogP contribution in [-0.2, 0) is 51.1 Å². The molecule has 424 valence electrons. The van der Waals surface area contributed by atoms with Gasteiger partial charge in [0, 0.05) is 125 Å². The second-order valence-electron chi connectivity index (χ2n) is 25.2. The molecule has 8 atom stereocenters. The van der Waals surface area contributed by atoms with Crippen molar-refractivity contribution in [1.82, 2.24) is 45.3 Å². The summed E-state index contributed by atoms with van der Waals surface area (Å²) >= 11 is 0. The number of hydrogen-bond acceptors (Lipinski definition) is 15. The normalized spacial score (nSPS) is 30.1. The van der Waals surface area contributed by atoms with Crippen molar-refractivity contribution in [2.45, 2.75) is 141 Å². The highest BCUT2D eigenvalue weighted by atomic mass is 16.5. The fourth-order valence-corrected chi connectivity index (χ4v) is 14.8. The maximum Gasteiger partial charge on any atom is 0.324 e. The standard InChI is InChI=1S/C59H85N11O8/c1-6-69-50-14-13-40-26-44(50)46(53(69)45-27-41(30-61-51(45)38(2)75-5)65-21-20-64-22-24-76-34-42(64)32-65)29-58(3,4)37-78-57(74)47-12-9-17-70(63-47)56(73)48(28-43-33-66(40)23-25-77-43)62-54(71)52(39-10-7-8-11-39)67-18-15-59(35-67)16-19-68(36-59)55(72)49-31-60-49/h13-14,26-27,30,38-39,42-43,47-49,52,60,63H,6-12,15-25,28-29,31-37H2,1-5H3,(H,62,71)/t38-,42-,43-,47-,48-,49+,52?,59-/m0/s1. The summed E-state index contributed by atoms with van der Waals surface area (Å²) in [6.07, 6.45) is 9.33. The van der Waals surface area contributed by atoms with Crippen LogP contribution < -0.4 is 25.9 Å². The number of hydrazine groups is 1. The number of carbonyl (C=O) groups excluding carboxylic acids is 4. The molecule has 19 nitrogen and oxygen atoms in total. The molecule has 1 unspecified atom stereocenters. The van der Waals surface area contributed by atoms with Gasteiger partial charge >= 0.3 is 5.97 Å². The van der Waals surface area contributed by atoms with E-state index in [-0.39, 0.29) is 66.4 Å². The highest BCUT2D eigenvalue weighted by Crippen LogP contribution is 2.45. The van der Waals surface area contributed by atoms with Gasteiger partial charge in [-0.15, -0.1) is 0 Å². The Kier molecular flexibility index (Phi) is 15.3. The van der Waals surface area contributed by atoms with Crippen LogP contribution in [0.2, 0.25) is 0 Å². The average Bonchev–Trinajstić information content (AvgIpc) is 3.96. The van der Waals surface area contributed by atoms with Crippen LogP contribution in [-0.4, -0.2) is 201 Å². The minimum atomic E-state index is -0.906. The SMILES string of the molecule is CCn1c(-c2cc(N3CCN4CCOC[C@@H]4C3)cnc2[C@H](C)OC)c2c3cc(ccc31)N1CCO[C@@H](C[C@H](NC(=O)C(C3CCCC3)N3CC[C@]4(CCN(C(=O)[C@H]5CN5)C4)C3)C(=O)N3CCC[C@H](N3)C(=O)OCC(C)(C)C2)C1. The number of nitrogens with one attached hydrogen (secondary N) is 3. The number of hydrogen-bond donors (Lipinski definition) is 3. The molecule has 7 saturated heterocycles. The highest BCUT2D eigenvalue weighted by Gasteiger charge is 2.51. The lowest BCUT2D eigenvalue weighted by molar-refractivity contribution is -0.156. The highest BCUT2D eigenvalue weighted by molar-refractivity contribution is 5.95. The number of likely N-dealkylation sites (tertiary alicyclic amines) is 2. The monoisotopic (exact) mass is 1080 g/mol. The largest absolute Gasteiger partial charge is 0.464 e. The molecule has 3 aromatic rings. The van der Waals surface area contributed by atoms with Crippen molar-refractivity contribution in [1.29, 1.82) is 0 Å². The third-order valence-corrected chi connectivity index (χ3v) is 19.2. The predicted molar refractivity (Wildman–Crippen MR) is 297 cm³/mol. The molecule has 2 aromatic heterocycles. The van der Waals surface area contributed by atoms with E-state index in [2.05, 4.69) is 92.2 Å². The van der Waals surface area contributed by atoms with E-state index >= 15 is 9.59 Å². The number of methoxy groups -OCH3 is 1. The van der Waals surface area contributed by atoms with Crippen LogP contribution in [0.3, 0.4) is 0 Å². The molecule has 78 heavy (non-hydrogen) atoms. The van der Waals surface area contributed by atoms with E-state index in [0.717, 1.165) is 150 Å². The Morgan fingerprint density at radius 2 is 1.76 bits per heavy atom. The minimum Gasteiger partial charge on any atom is -0.464 e. The Morgan fingerprint density at radius 3 is 2.56 bits per heavy atom. The number of piperazine rings is 1. The molecule has 1 spiro atoms. The molecule has 0 radical (unpaired) electrons. The molecule has 8 aliphatic heterocycles. The molecule has 1 aromatic carbocycles. The molecular formula is C59H85N11O8. The van der Waals surface area contributed by atoms with E-state index in [1.54, 1.807) is 12.1 Å². The molecule has 1 aliphatic carbocycles. The minimum absolute atomic E-state index is 0.0351. The number of benzene rings is 1. The van der Waals surface area contributed by atoms with Crippen molar-refractivity contribution in [3.05, 3.63) is 41.7 Å².